The van der Waals surface area contributed by atoms with Gasteiger partial charge in [-0.15, -0.1) is 0 Å². The quantitative estimate of drug-likeness (QED) is 0.0217. The molecular weight excluding hydrogens is 715 g/mol. The van der Waals surface area contributed by atoms with E-state index in [1.807, 2.05) is 21.1 Å². The van der Waals surface area contributed by atoms with Crippen LogP contribution >= 0.6 is 0 Å². The molecule has 0 radical (unpaired) electrons. The van der Waals surface area contributed by atoms with Gasteiger partial charge in [-0.25, -0.2) is 4.79 Å². The largest absolute Gasteiger partial charge is 0.477 e. The van der Waals surface area contributed by atoms with E-state index in [0.29, 0.717) is 19.3 Å². The van der Waals surface area contributed by atoms with Crippen molar-refractivity contribution in [3.63, 3.8) is 0 Å². The molecule has 328 valence electrons. The van der Waals surface area contributed by atoms with E-state index in [1.165, 1.54) is 83.5 Å². The fourth-order valence-corrected chi connectivity index (χ4v) is 6.39. The molecule has 8 heteroatoms. The number of allylic oxidation sites excluding steroid dienone is 10. The molecule has 2 atom stereocenters. The zero-order valence-electron chi connectivity index (χ0n) is 37.3. The molecule has 2 unspecified atom stereocenters. The summed E-state index contributed by atoms with van der Waals surface area (Å²) in [6, 6.07) is -0.621. The predicted molar refractivity (Wildman–Crippen MR) is 238 cm³/mol. The van der Waals surface area contributed by atoms with Gasteiger partial charge in [0.1, 0.15) is 6.61 Å². The highest BCUT2D eigenvalue weighted by Crippen LogP contribution is 2.14. The average molecular weight is 801 g/mol. The lowest BCUT2D eigenvalue weighted by Crippen LogP contribution is -2.50. The number of aliphatic carboxylic acids is 1. The van der Waals surface area contributed by atoms with Crippen molar-refractivity contribution in [2.45, 2.75) is 193 Å². The van der Waals surface area contributed by atoms with Gasteiger partial charge in [-0.1, -0.05) is 158 Å². The molecule has 0 saturated carbocycles. The molecule has 0 rings (SSSR count). The van der Waals surface area contributed by atoms with Crippen LogP contribution in [-0.4, -0.2) is 80.6 Å². The summed E-state index contributed by atoms with van der Waals surface area (Å²) in [7, 11) is 5.51. The van der Waals surface area contributed by atoms with Gasteiger partial charge in [0.15, 0.2) is 12.1 Å². The molecule has 0 aliphatic carbocycles. The Hall–Kier alpha value is -2.97. The summed E-state index contributed by atoms with van der Waals surface area (Å²) < 4.78 is 17.3. The molecule has 0 fully saturated rings. The molecule has 8 nitrogen and oxygen atoms in total. The second-order valence-corrected chi connectivity index (χ2v) is 16.4. The first-order valence-corrected chi connectivity index (χ1v) is 22.9. The Labute approximate surface area is 349 Å². The lowest BCUT2D eigenvalue weighted by molar-refractivity contribution is -0.887. The number of likely N-dealkylation sites (N-methyl/N-ethyl adjacent to an activating group) is 1. The number of nitrogens with zero attached hydrogens (tertiary/aromatic N) is 1. The SMILES string of the molecule is CCCCC/C=C/C=C/C=C/C=C/CCCCCCCC(=O)OCC(COCCC(C(=O)O)[N+](C)(C)C)OC(=O)CCCCCCCCC/C=C/CCCCCC. The van der Waals surface area contributed by atoms with Crippen LogP contribution in [0.4, 0.5) is 0 Å². The zero-order valence-corrected chi connectivity index (χ0v) is 37.3. The van der Waals surface area contributed by atoms with E-state index in [1.54, 1.807) is 0 Å². The normalized spacial score (nSPS) is 13.5. The number of carbonyl (C=O) groups is 3. The third-order valence-electron chi connectivity index (χ3n) is 9.98. The van der Waals surface area contributed by atoms with E-state index >= 15 is 0 Å². The van der Waals surface area contributed by atoms with Gasteiger partial charge in [-0.05, 0) is 64.2 Å². The number of esters is 2. The third-order valence-corrected chi connectivity index (χ3v) is 9.98. The summed E-state index contributed by atoms with van der Waals surface area (Å²) in [6.45, 7) is 4.65. The van der Waals surface area contributed by atoms with E-state index in [9.17, 15) is 19.5 Å². The zero-order chi connectivity index (χ0) is 42.1. The molecule has 0 aromatic carbocycles. The smallest absolute Gasteiger partial charge is 0.362 e. The van der Waals surface area contributed by atoms with Crippen LogP contribution in [-0.2, 0) is 28.6 Å². The summed E-state index contributed by atoms with van der Waals surface area (Å²) in [5.41, 5.74) is 0. The molecule has 0 amide bonds. The molecule has 0 aromatic rings. The van der Waals surface area contributed by atoms with Crippen LogP contribution in [0.5, 0.6) is 0 Å². The van der Waals surface area contributed by atoms with E-state index in [2.05, 4.69) is 74.6 Å². The second kappa shape index (κ2) is 39.8. The molecule has 1 N–H and O–H groups in total. The maximum Gasteiger partial charge on any atom is 0.362 e. The van der Waals surface area contributed by atoms with E-state index < -0.39 is 18.1 Å². The molecule has 0 bridgehead atoms. The maximum atomic E-state index is 12.7. The number of carboxylic acid groups (broad SMARTS) is 1. The van der Waals surface area contributed by atoms with Gasteiger partial charge < -0.3 is 23.8 Å². The van der Waals surface area contributed by atoms with Crippen molar-refractivity contribution in [2.75, 3.05) is 41.0 Å². The van der Waals surface area contributed by atoms with Crippen LogP contribution in [0.15, 0.2) is 60.8 Å². The molecule has 57 heavy (non-hydrogen) atoms. The summed E-state index contributed by atoms with van der Waals surface area (Å²) in [5.74, 6) is -1.51. The number of carboxylic acids is 1. The monoisotopic (exact) mass is 801 g/mol. The van der Waals surface area contributed by atoms with Crippen molar-refractivity contribution in [2.24, 2.45) is 0 Å². The van der Waals surface area contributed by atoms with Crippen LogP contribution in [0, 0.1) is 0 Å². The molecule has 0 aromatic heterocycles. The second-order valence-electron chi connectivity index (χ2n) is 16.4. The number of ether oxygens (including phenoxy) is 3. The topological polar surface area (TPSA) is 99.1 Å². The van der Waals surface area contributed by atoms with Gasteiger partial charge in [-0.2, -0.15) is 0 Å². The fourth-order valence-electron chi connectivity index (χ4n) is 6.39. The van der Waals surface area contributed by atoms with Crippen molar-refractivity contribution in [3.8, 4) is 0 Å². The third kappa shape index (κ3) is 38.3. The van der Waals surface area contributed by atoms with Crippen molar-refractivity contribution in [3.05, 3.63) is 60.8 Å². The highest BCUT2D eigenvalue weighted by Gasteiger charge is 2.31. The van der Waals surface area contributed by atoms with Gasteiger partial charge in [-0.3, -0.25) is 9.59 Å². The number of rotatable bonds is 40. The molecular formula is C49H86NO7+. The Morgan fingerprint density at radius 2 is 0.947 bits per heavy atom. The standard InChI is InChI=1S/C49H85NO7/c1-6-8-10-12-14-16-18-20-22-23-24-26-27-29-31-33-35-37-39-47(51)56-44-45(43-55-42-41-46(49(53)54)50(3,4)5)57-48(52)40-38-36-34-32-30-28-25-21-19-17-15-13-11-9-7-2/h14,16-20,22-24,26,45-46H,6-13,15,21,25,27-44H2,1-5H3/p+1/b16-14+,19-17+,20-18+,23-22+,26-24+. The Bertz CT molecular complexity index is 1120. The van der Waals surface area contributed by atoms with E-state index in [4.69, 9.17) is 14.2 Å². The first kappa shape index (κ1) is 54.0. The molecule has 0 aliphatic rings. The van der Waals surface area contributed by atoms with E-state index in [-0.39, 0.29) is 36.2 Å². The molecule has 0 spiro atoms. The van der Waals surface area contributed by atoms with Crippen molar-refractivity contribution in [1.29, 1.82) is 0 Å². The lowest BCUT2D eigenvalue weighted by atomic mass is 10.1. The van der Waals surface area contributed by atoms with Gasteiger partial charge in [0.25, 0.3) is 0 Å². The Balaban J connectivity index is 4.39. The van der Waals surface area contributed by atoms with Gasteiger partial charge in [0, 0.05) is 19.3 Å². The number of hydrogen-bond donors (Lipinski definition) is 1. The fraction of sp³-hybridized carbons (Fsp3) is 0.735. The maximum absolute atomic E-state index is 12.7. The minimum absolute atomic E-state index is 0.0496. The van der Waals surface area contributed by atoms with Crippen LogP contribution in [0.2, 0.25) is 0 Å². The lowest BCUT2D eigenvalue weighted by Gasteiger charge is -2.31. The Morgan fingerprint density at radius 3 is 1.46 bits per heavy atom. The first-order valence-electron chi connectivity index (χ1n) is 22.9. The van der Waals surface area contributed by atoms with Crippen molar-refractivity contribution >= 4 is 17.9 Å². The van der Waals surface area contributed by atoms with Gasteiger partial charge in [0.05, 0.1) is 34.4 Å². The van der Waals surface area contributed by atoms with Crippen molar-refractivity contribution in [1.82, 2.24) is 0 Å². The summed E-state index contributed by atoms with van der Waals surface area (Å²) >= 11 is 0. The predicted octanol–water partition coefficient (Wildman–Crippen LogP) is 12.6. The highest BCUT2D eigenvalue weighted by molar-refractivity contribution is 5.72. The van der Waals surface area contributed by atoms with Crippen molar-refractivity contribution < 1.29 is 38.2 Å². The highest BCUT2D eigenvalue weighted by atomic mass is 16.6. The average Bonchev–Trinajstić information content (AvgIpc) is 3.17. The molecule has 0 aliphatic heterocycles. The Kier molecular flexibility index (Phi) is 37.8. The van der Waals surface area contributed by atoms with Crippen LogP contribution in [0.1, 0.15) is 181 Å². The van der Waals surface area contributed by atoms with Gasteiger partial charge >= 0.3 is 17.9 Å². The molecule has 0 heterocycles. The minimum atomic E-state index is -0.881. The summed E-state index contributed by atoms with van der Waals surface area (Å²) in [5, 5.41) is 9.62. The van der Waals surface area contributed by atoms with Crippen LogP contribution < -0.4 is 0 Å². The first-order chi connectivity index (χ1) is 27.6. The number of carbonyl (C=O) groups excluding carboxylic acids is 2. The number of hydrogen-bond acceptors (Lipinski definition) is 6. The van der Waals surface area contributed by atoms with Crippen LogP contribution in [0.25, 0.3) is 0 Å². The minimum Gasteiger partial charge on any atom is -0.477 e. The number of unbranched alkanes of at least 4 members (excludes halogenated alkanes) is 19. The van der Waals surface area contributed by atoms with Crippen LogP contribution in [0.3, 0.4) is 0 Å². The Morgan fingerprint density at radius 1 is 0.526 bits per heavy atom. The molecule has 0 saturated heterocycles. The summed E-state index contributed by atoms with van der Waals surface area (Å²) in [4.78, 5) is 37.0. The number of quaternary nitrogens is 1. The summed E-state index contributed by atoms with van der Waals surface area (Å²) in [6.07, 6.45) is 48.2. The van der Waals surface area contributed by atoms with Gasteiger partial charge in [0.2, 0.25) is 0 Å². The van der Waals surface area contributed by atoms with E-state index in [0.717, 1.165) is 64.2 Å².